The highest BCUT2D eigenvalue weighted by Gasteiger charge is 2.02. The molecule has 0 fully saturated rings. The molecule has 1 atom stereocenters. The fourth-order valence-corrected chi connectivity index (χ4v) is 1.98. The number of aliphatic hydroxyl groups excluding tert-OH is 2. The summed E-state index contributed by atoms with van der Waals surface area (Å²) in [5.41, 5.74) is 3.59. The van der Waals surface area contributed by atoms with Crippen molar-refractivity contribution in [1.82, 2.24) is 0 Å². The summed E-state index contributed by atoms with van der Waals surface area (Å²) in [6.07, 6.45) is 4.33. The molecule has 0 saturated heterocycles. The SMILES string of the molecule is CCc1ccc(/C=C/c2ccc(OCC(O)CO)cc2)cc1. The molecule has 2 N–H and O–H groups in total. The summed E-state index contributed by atoms with van der Waals surface area (Å²) in [5.74, 6) is 0.678. The lowest BCUT2D eigenvalue weighted by Gasteiger charge is -2.09. The second-order valence-corrected chi connectivity index (χ2v) is 5.14. The molecule has 0 amide bonds. The molecule has 0 aromatic heterocycles. The molecule has 2 aromatic carbocycles. The highest BCUT2D eigenvalue weighted by Crippen LogP contribution is 2.15. The Hall–Kier alpha value is -2.10. The van der Waals surface area contributed by atoms with Crippen molar-refractivity contribution in [3.8, 4) is 5.75 Å². The Morgan fingerprint density at radius 2 is 1.50 bits per heavy atom. The molecule has 0 aliphatic carbocycles. The van der Waals surface area contributed by atoms with Crippen molar-refractivity contribution in [2.45, 2.75) is 19.4 Å². The highest BCUT2D eigenvalue weighted by atomic mass is 16.5. The van der Waals surface area contributed by atoms with E-state index in [1.54, 1.807) is 0 Å². The predicted octanol–water partition coefficient (Wildman–Crippen LogP) is 3.15. The average Bonchev–Trinajstić information content (AvgIpc) is 2.59. The molecule has 0 spiro atoms. The molecular weight excluding hydrogens is 276 g/mol. The maximum Gasteiger partial charge on any atom is 0.119 e. The molecule has 2 aromatic rings. The number of aryl methyl sites for hydroxylation is 1. The maximum absolute atomic E-state index is 9.24. The molecule has 1 unspecified atom stereocenters. The van der Waals surface area contributed by atoms with Crippen LogP contribution in [0, 0.1) is 0 Å². The summed E-state index contributed by atoms with van der Waals surface area (Å²) >= 11 is 0. The van der Waals surface area contributed by atoms with E-state index in [0.29, 0.717) is 5.75 Å². The zero-order valence-electron chi connectivity index (χ0n) is 12.8. The highest BCUT2D eigenvalue weighted by molar-refractivity contribution is 5.69. The van der Waals surface area contributed by atoms with Crippen LogP contribution in [0.15, 0.2) is 48.5 Å². The lowest BCUT2D eigenvalue weighted by Crippen LogP contribution is -2.21. The number of benzene rings is 2. The summed E-state index contributed by atoms with van der Waals surface area (Å²) in [6.45, 7) is 1.95. The fraction of sp³-hybridized carbons (Fsp3) is 0.263. The van der Waals surface area contributed by atoms with Crippen molar-refractivity contribution >= 4 is 12.2 Å². The van der Waals surface area contributed by atoms with Crippen LogP contribution in [0.3, 0.4) is 0 Å². The van der Waals surface area contributed by atoms with Crippen LogP contribution in [0.1, 0.15) is 23.6 Å². The van der Waals surface area contributed by atoms with Gasteiger partial charge in [0.1, 0.15) is 18.5 Å². The third kappa shape index (κ3) is 5.02. The summed E-state index contributed by atoms with van der Waals surface area (Å²) < 4.78 is 5.37. The normalized spacial score (nSPS) is 12.5. The molecule has 22 heavy (non-hydrogen) atoms. The van der Waals surface area contributed by atoms with Crippen LogP contribution in [0.25, 0.3) is 12.2 Å². The minimum absolute atomic E-state index is 0.0927. The Kier molecular flexibility index (Phi) is 6.19. The van der Waals surface area contributed by atoms with E-state index in [4.69, 9.17) is 9.84 Å². The van der Waals surface area contributed by atoms with E-state index < -0.39 is 6.10 Å². The largest absolute Gasteiger partial charge is 0.491 e. The van der Waals surface area contributed by atoms with Gasteiger partial charge in [-0.25, -0.2) is 0 Å². The van der Waals surface area contributed by atoms with E-state index in [9.17, 15) is 5.11 Å². The number of hydrogen-bond acceptors (Lipinski definition) is 3. The lowest BCUT2D eigenvalue weighted by atomic mass is 10.1. The monoisotopic (exact) mass is 298 g/mol. The third-order valence-corrected chi connectivity index (χ3v) is 3.39. The van der Waals surface area contributed by atoms with Gasteiger partial charge in [0.2, 0.25) is 0 Å². The molecular formula is C19H22O3. The molecule has 116 valence electrons. The first-order valence-electron chi connectivity index (χ1n) is 7.50. The molecule has 0 aliphatic rings. The van der Waals surface area contributed by atoms with Crippen molar-refractivity contribution in [1.29, 1.82) is 0 Å². The Bertz CT molecular complexity index is 585. The Labute approximate surface area is 131 Å². The van der Waals surface area contributed by atoms with Gasteiger partial charge in [-0.05, 0) is 35.2 Å². The van der Waals surface area contributed by atoms with E-state index in [1.165, 1.54) is 11.1 Å². The smallest absolute Gasteiger partial charge is 0.119 e. The van der Waals surface area contributed by atoms with E-state index in [0.717, 1.165) is 12.0 Å². The Balaban J connectivity index is 1.93. The fourth-order valence-electron chi connectivity index (χ4n) is 1.98. The molecule has 0 saturated carbocycles. The Morgan fingerprint density at radius 3 is 2.00 bits per heavy atom. The van der Waals surface area contributed by atoms with Gasteiger partial charge < -0.3 is 14.9 Å². The maximum atomic E-state index is 9.24. The van der Waals surface area contributed by atoms with Crippen molar-refractivity contribution < 1.29 is 14.9 Å². The summed E-state index contributed by atoms with van der Waals surface area (Å²) in [4.78, 5) is 0. The van der Waals surface area contributed by atoms with Gasteiger partial charge >= 0.3 is 0 Å². The summed E-state index contributed by atoms with van der Waals surface area (Å²) in [5, 5.41) is 18.0. The first-order chi connectivity index (χ1) is 10.7. The quantitative estimate of drug-likeness (QED) is 0.772. The summed E-state index contributed by atoms with van der Waals surface area (Å²) in [7, 11) is 0. The predicted molar refractivity (Wildman–Crippen MR) is 89.8 cm³/mol. The van der Waals surface area contributed by atoms with Gasteiger partial charge in [-0.3, -0.25) is 0 Å². The van der Waals surface area contributed by atoms with Gasteiger partial charge in [-0.1, -0.05) is 55.5 Å². The van der Waals surface area contributed by atoms with Crippen LogP contribution in [-0.2, 0) is 6.42 Å². The lowest BCUT2D eigenvalue weighted by molar-refractivity contribution is 0.0536. The topological polar surface area (TPSA) is 49.7 Å². The molecule has 0 bridgehead atoms. The van der Waals surface area contributed by atoms with Crippen LogP contribution in [0.4, 0.5) is 0 Å². The zero-order chi connectivity index (χ0) is 15.8. The van der Waals surface area contributed by atoms with E-state index >= 15 is 0 Å². The molecule has 3 heteroatoms. The van der Waals surface area contributed by atoms with Crippen LogP contribution in [0.5, 0.6) is 5.75 Å². The van der Waals surface area contributed by atoms with E-state index in [1.807, 2.05) is 30.3 Å². The molecule has 2 rings (SSSR count). The van der Waals surface area contributed by atoms with Gasteiger partial charge in [-0.15, -0.1) is 0 Å². The van der Waals surface area contributed by atoms with Crippen LogP contribution in [0.2, 0.25) is 0 Å². The zero-order valence-corrected chi connectivity index (χ0v) is 12.8. The third-order valence-electron chi connectivity index (χ3n) is 3.39. The second kappa shape index (κ2) is 8.37. The van der Waals surface area contributed by atoms with Gasteiger partial charge in [0.25, 0.3) is 0 Å². The second-order valence-electron chi connectivity index (χ2n) is 5.14. The van der Waals surface area contributed by atoms with Crippen molar-refractivity contribution in [3.63, 3.8) is 0 Å². The molecule has 0 radical (unpaired) electrons. The molecule has 0 aliphatic heterocycles. The number of ether oxygens (including phenoxy) is 1. The van der Waals surface area contributed by atoms with Gasteiger partial charge in [-0.2, -0.15) is 0 Å². The van der Waals surface area contributed by atoms with Crippen molar-refractivity contribution in [2.24, 2.45) is 0 Å². The standard InChI is InChI=1S/C19H22O3/c1-2-15-3-5-16(6-4-15)7-8-17-9-11-19(12-10-17)22-14-18(21)13-20/h3-12,18,20-21H,2,13-14H2,1H3/b8-7+. The minimum atomic E-state index is -0.842. The average molecular weight is 298 g/mol. The van der Waals surface area contributed by atoms with Gasteiger partial charge in [0, 0.05) is 0 Å². The van der Waals surface area contributed by atoms with Gasteiger partial charge in [0.15, 0.2) is 0 Å². The van der Waals surface area contributed by atoms with E-state index in [2.05, 4.69) is 37.3 Å². The van der Waals surface area contributed by atoms with Crippen LogP contribution in [-0.4, -0.2) is 29.5 Å². The molecule has 0 heterocycles. The minimum Gasteiger partial charge on any atom is -0.491 e. The first kappa shape index (κ1) is 16.3. The van der Waals surface area contributed by atoms with Crippen LogP contribution < -0.4 is 4.74 Å². The van der Waals surface area contributed by atoms with Crippen LogP contribution >= 0.6 is 0 Å². The van der Waals surface area contributed by atoms with Crippen molar-refractivity contribution in [2.75, 3.05) is 13.2 Å². The molecule has 3 nitrogen and oxygen atoms in total. The first-order valence-corrected chi connectivity index (χ1v) is 7.50. The number of aliphatic hydroxyl groups is 2. The van der Waals surface area contributed by atoms with Gasteiger partial charge in [0.05, 0.1) is 6.61 Å². The number of rotatable bonds is 7. The van der Waals surface area contributed by atoms with Crippen molar-refractivity contribution in [3.05, 3.63) is 65.2 Å². The summed E-state index contributed by atoms with van der Waals surface area (Å²) in [6, 6.07) is 16.1. The van der Waals surface area contributed by atoms with E-state index in [-0.39, 0.29) is 13.2 Å². The Morgan fingerprint density at radius 1 is 0.955 bits per heavy atom. The number of hydrogen-bond donors (Lipinski definition) is 2.